The van der Waals surface area contributed by atoms with Gasteiger partial charge in [0.15, 0.2) is 0 Å². The zero-order valence-corrected chi connectivity index (χ0v) is 12.5. The maximum atomic E-state index is 12.5. The minimum Gasteiger partial charge on any atom is -0.472 e. The van der Waals surface area contributed by atoms with Crippen LogP contribution in [-0.4, -0.2) is 17.6 Å². The summed E-state index contributed by atoms with van der Waals surface area (Å²) in [5.74, 6) is -0.224. The molecular formula is C19H17NO3. The Bertz CT molecular complexity index is 766. The molecule has 0 aliphatic heterocycles. The van der Waals surface area contributed by atoms with Crippen LogP contribution in [0.3, 0.4) is 0 Å². The summed E-state index contributed by atoms with van der Waals surface area (Å²) in [6.07, 6.45) is 3.23. The highest BCUT2D eigenvalue weighted by atomic mass is 16.3. The smallest absolute Gasteiger partial charge is 0.251 e. The summed E-state index contributed by atoms with van der Waals surface area (Å²) in [5, 5.41) is 12.4. The minimum atomic E-state index is -0.429. The summed E-state index contributed by atoms with van der Waals surface area (Å²) in [5.41, 5.74) is 3.24. The molecule has 3 aromatic rings. The number of aliphatic hydroxyl groups excluding tert-OH is 1. The van der Waals surface area contributed by atoms with Gasteiger partial charge in [0.2, 0.25) is 0 Å². The molecule has 1 atom stereocenters. The Hall–Kier alpha value is -2.85. The molecule has 1 heterocycles. The summed E-state index contributed by atoms with van der Waals surface area (Å²) < 4.78 is 5.08. The van der Waals surface area contributed by atoms with Crippen molar-refractivity contribution >= 4 is 5.91 Å². The van der Waals surface area contributed by atoms with E-state index in [0.29, 0.717) is 5.56 Å². The van der Waals surface area contributed by atoms with Crippen LogP contribution in [0.25, 0.3) is 11.1 Å². The lowest BCUT2D eigenvalue weighted by atomic mass is 10.0. The summed E-state index contributed by atoms with van der Waals surface area (Å²) in [6, 6.07) is 18.1. The summed E-state index contributed by atoms with van der Waals surface area (Å²) in [7, 11) is 0. The van der Waals surface area contributed by atoms with Gasteiger partial charge < -0.3 is 14.8 Å². The van der Waals surface area contributed by atoms with Crippen molar-refractivity contribution in [2.75, 3.05) is 6.61 Å². The van der Waals surface area contributed by atoms with E-state index in [1.807, 2.05) is 48.5 Å². The van der Waals surface area contributed by atoms with E-state index in [9.17, 15) is 9.90 Å². The molecule has 0 saturated carbocycles. The second kappa shape index (κ2) is 6.94. The number of hydrogen-bond acceptors (Lipinski definition) is 3. The first-order valence-corrected chi connectivity index (χ1v) is 7.37. The molecular weight excluding hydrogens is 290 g/mol. The highest BCUT2D eigenvalue weighted by Crippen LogP contribution is 2.21. The largest absolute Gasteiger partial charge is 0.472 e. The van der Waals surface area contributed by atoms with E-state index < -0.39 is 6.04 Å². The number of carbonyl (C=O) groups is 1. The third-order valence-corrected chi connectivity index (χ3v) is 3.67. The number of nitrogens with one attached hydrogen (secondary N) is 1. The van der Waals surface area contributed by atoms with Crippen molar-refractivity contribution in [1.29, 1.82) is 0 Å². The van der Waals surface area contributed by atoms with Crippen LogP contribution < -0.4 is 5.32 Å². The predicted octanol–water partition coefficient (Wildman–Crippen LogP) is 3.41. The molecule has 0 spiro atoms. The first kappa shape index (κ1) is 15.1. The monoisotopic (exact) mass is 307 g/mol. The molecule has 116 valence electrons. The van der Waals surface area contributed by atoms with Crippen LogP contribution >= 0.6 is 0 Å². The van der Waals surface area contributed by atoms with E-state index in [0.717, 1.165) is 16.7 Å². The van der Waals surface area contributed by atoms with Crippen molar-refractivity contribution in [1.82, 2.24) is 5.32 Å². The molecule has 1 aromatic heterocycles. The van der Waals surface area contributed by atoms with E-state index in [-0.39, 0.29) is 12.5 Å². The standard InChI is InChI=1S/C19H17NO3/c21-12-18(14-5-2-1-3-6-14)20-19(22)16-8-4-7-15(11-16)17-9-10-23-13-17/h1-11,13,18,21H,12H2,(H,20,22). The van der Waals surface area contributed by atoms with Crippen LogP contribution in [0.2, 0.25) is 0 Å². The second-order valence-corrected chi connectivity index (χ2v) is 5.21. The van der Waals surface area contributed by atoms with Gasteiger partial charge in [0.25, 0.3) is 5.91 Å². The fourth-order valence-corrected chi connectivity index (χ4v) is 2.43. The number of carbonyl (C=O) groups excluding carboxylic acids is 1. The second-order valence-electron chi connectivity index (χ2n) is 5.21. The molecule has 0 aliphatic rings. The van der Waals surface area contributed by atoms with Gasteiger partial charge >= 0.3 is 0 Å². The zero-order chi connectivity index (χ0) is 16.1. The lowest BCUT2D eigenvalue weighted by Crippen LogP contribution is -2.30. The van der Waals surface area contributed by atoms with Gasteiger partial charge in [-0.3, -0.25) is 4.79 Å². The third-order valence-electron chi connectivity index (χ3n) is 3.67. The number of amides is 1. The van der Waals surface area contributed by atoms with Crippen LogP contribution in [0.15, 0.2) is 77.6 Å². The van der Waals surface area contributed by atoms with E-state index in [1.165, 1.54) is 0 Å². The van der Waals surface area contributed by atoms with Gasteiger partial charge in [0.1, 0.15) is 0 Å². The van der Waals surface area contributed by atoms with Crippen molar-refractivity contribution in [3.05, 3.63) is 84.3 Å². The predicted molar refractivity (Wildman–Crippen MR) is 87.9 cm³/mol. The van der Waals surface area contributed by atoms with Crippen molar-refractivity contribution in [3.63, 3.8) is 0 Å². The van der Waals surface area contributed by atoms with Gasteiger partial charge in [0.05, 0.1) is 25.2 Å². The van der Waals surface area contributed by atoms with Gasteiger partial charge in [-0.15, -0.1) is 0 Å². The lowest BCUT2D eigenvalue weighted by molar-refractivity contribution is 0.0916. The average molecular weight is 307 g/mol. The molecule has 3 rings (SSSR count). The minimum absolute atomic E-state index is 0.156. The summed E-state index contributed by atoms with van der Waals surface area (Å²) >= 11 is 0. The maximum Gasteiger partial charge on any atom is 0.251 e. The fourth-order valence-electron chi connectivity index (χ4n) is 2.43. The Labute approximate surface area is 134 Å². The Morgan fingerprint density at radius 1 is 1.04 bits per heavy atom. The highest BCUT2D eigenvalue weighted by molar-refractivity contribution is 5.95. The van der Waals surface area contributed by atoms with E-state index in [1.54, 1.807) is 24.7 Å². The molecule has 4 nitrogen and oxygen atoms in total. The number of benzene rings is 2. The van der Waals surface area contributed by atoms with Crippen LogP contribution in [0.1, 0.15) is 22.0 Å². The highest BCUT2D eigenvalue weighted by Gasteiger charge is 2.15. The number of rotatable bonds is 5. The first-order chi connectivity index (χ1) is 11.3. The van der Waals surface area contributed by atoms with E-state index >= 15 is 0 Å². The van der Waals surface area contributed by atoms with Gasteiger partial charge in [-0.25, -0.2) is 0 Å². The molecule has 23 heavy (non-hydrogen) atoms. The topological polar surface area (TPSA) is 62.5 Å². The Morgan fingerprint density at radius 3 is 2.57 bits per heavy atom. The normalized spacial score (nSPS) is 11.9. The van der Waals surface area contributed by atoms with Crippen molar-refractivity contribution < 1.29 is 14.3 Å². The van der Waals surface area contributed by atoms with Crippen LogP contribution in [0, 0.1) is 0 Å². The molecule has 0 bridgehead atoms. The van der Waals surface area contributed by atoms with Gasteiger partial charge in [-0.1, -0.05) is 42.5 Å². The summed E-state index contributed by atoms with van der Waals surface area (Å²) in [6.45, 7) is -0.156. The van der Waals surface area contributed by atoms with Gasteiger partial charge in [-0.05, 0) is 29.3 Å². The maximum absolute atomic E-state index is 12.5. The Kier molecular flexibility index (Phi) is 4.54. The molecule has 0 aliphatic carbocycles. The molecule has 2 aromatic carbocycles. The van der Waals surface area contributed by atoms with Gasteiger partial charge in [0, 0.05) is 11.1 Å². The number of aliphatic hydroxyl groups is 1. The molecule has 4 heteroatoms. The van der Waals surface area contributed by atoms with Crippen LogP contribution in [-0.2, 0) is 0 Å². The third kappa shape index (κ3) is 3.49. The molecule has 1 amide bonds. The van der Waals surface area contributed by atoms with Crippen LogP contribution in [0.4, 0.5) is 0 Å². The molecule has 2 N–H and O–H groups in total. The molecule has 0 radical (unpaired) electrons. The number of furan rings is 1. The van der Waals surface area contributed by atoms with Crippen LogP contribution in [0.5, 0.6) is 0 Å². The molecule has 0 saturated heterocycles. The van der Waals surface area contributed by atoms with E-state index in [4.69, 9.17) is 4.42 Å². The van der Waals surface area contributed by atoms with E-state index in [2.05, 4.69) is 5.32 Å². The quantitative estimate of drug-likeness (QED) is 0.759. The van der Waals surface area contributed by atoms with Crippen molar-refractivity contribution in [3.8, 4) is 11.1 Å². The van der Waals surface area contributed by atoms with Crippen molar-refractivity contribution in [2.45, 2.75) is 6.04 Å². The number of hydrogen-bond donors (Lipinski definition) is 2. The Balaban J connectivity index is 1.79. The first-order valence-electron chi connectivity index (χ1n) is 7.37. The zero-order valence-electron chi connectivity index (χ0n) is 12.5. The Morgan fingerprint density at radius 2 is 1.87 bits per heavy atom. The van der Waals surface area contributed by atoms with Crippen molar-refractivity contribution in [2.24, 2.45) is 0 Å². The summed E-state index contributed by atoms with van der Waals surface area (Å²) in [4.78, 5) is 12.5. The molecule has 1 unspecified atom stereocenters. The van der Waals surface area contributed by atoms with Gasteiger partial charge in [-0.2, -0.15) is 0 Å². The lowest BCUT2D eigenvalue weighted by Gasteiger charge is -2.17. The fraction of sp³-hybridized carbons (Fsp3) is 0.105. The average Bonchev–Trinajstić information content (AvgIpc) is 3.15. The SMILES string of the molecule is O=C(NC(CO)c1ccccc1)c1cccc(-c2ccoc2)c1. The molecule has 0 fully saturated rings.